The smallest absolute Gasteiger partial charge is 0.222 e. The fourth-order valence-electron chi connectivity index (χ4n) is 1.48. The van der Waals surface area contributed by atoms with Crippen molar-refractivity contribution in [3.63, 3.8) is 0 Å². The lowest BCUT2D eigenvalue weighted by molar-refractivity contribution is -0.124. The van der Waals surface area contributed by atoms with Crippen LogP contribution >= 0.6 is 0 Å². The first-order chi connectivity index (χ1) is 8.15. The third kappa shape index (κ3) is 4.47. The summed E-state index contributed by atoms with van der Waals surface area (Å²) in [5.41, 5.74) is 1.20. The van der Waals surface area contributed by atoms with Crippen molar-refractivity contribution in [2.24, 2.45) is 5.92 Å². The zero-order valence-corrected chi connectivity index (χ0v) is 10.8. The average molecular weight is 235 g/mol. The highest BCUT2D eigenvalue weighted by molar-refractivity contribution is 5.77. The molecule has 0 saturated carbocycles. The van der Waals surface area contributed by atoms with Gasteiger partial charge in [0.15, 0.2) is 0 Å². The Kier molecular flexibility index (Phi) is 5.53. The number of aryl methyl sites for hydroxylation is 1. The zero-order chi connectivity index (χ0) is 12.7. The number of hydrogen-bond acceptors (Lipinski definition) is 2. The first-order valence-electron chi connectivity index (χ1n) is 6.13. The maximum Gasteiger partial charge on any atom is 0.222 e. The Morgan fingerprint density at radius 1 is 1.35 bits per heavy atom. The Morgan fingerprint density at radius 3 is 2.71 bits per heavy atom. The van der Waals surface area contributed by atoms with Crippen molar-refractivity contribution in [2.45, 2.75) is 27.2 Å². The monoisotopic (exact) mass is 235 g/mol. The Hall–Kier alpha value is -1.51. The van der Waals surface area contributed by atoms with Crippen LogP contribution in [0.15, 0.2) is 24.3 Å². The topological polar surface area (TPSA) is 38.3 Å². The standard InChI is InChI=1S/C14H21NO2/c1-4-12-7-5-6-8-13(12)17-10-9-15-14(16)11(2)3/h5-8,11H,4,9-10H2,1-3H3,(H,15,16). The van der Waals surface area contributed by atoms with Gasteiger partial charge in [0.2, 0.25) is 5.91 Å². The fraction of sp³-hybridized carbons (Fsp3) is 0.500. The van der Waals surface area contributed by atoms with Gasteiger partial charge < -0.3 is 10.1 Å². The number of carbonyl (C=O) groups is 1. The van der Waals surface area contributed by atoms with Gasteiger partial charge in [0.1, 0.15) is 12.4 Å². The van der Waals surface area contributed by atoms with Gasteiger partial charge in [-0.15, -0.1) is 0 Å². The van der Waals surface area contributed by atoms with Gasteiger partial charge in [-0.2, -0.15) is 0 Å². The molecular formula is C14H21NO2. The van der Waals surface area contributed by atoms with Crippen molar-refractivity contribution < 1.29 is 9.53 Å². The van der Waals surface area contributed by atoms with Crippen molar-refractivity contribution in [1.82, 2.24) is 5.32 Å². The third-order valence-electron chi connectivity index (χ3n) is 2.54. The molecule has 0 aliphatic rings. The summed E-state index contributed by atoms with van der Waals surface area (Å²) in [6.45, 7) is 6.92. The molecule has 1 rings (SSSR count). The van der Waals surface area contributed by atoms with Crippen molar-refractivity contribution in [3.8, 4) is 5.75 Å². The van der Waals surface area contributed by atoms with E-state index in [4.69, 9.17) is 4.74 Å². The van der Waals surface area contributed by atoms with Crippen molar-refractivity contribution in [1.29, 1.82) is 0 Å². The van der Waals surface area contributed by atoms with Crippen LogP contribution in [0, 0.1) is 5.92 Å². The maximum absolute atomic E-state index is 11.3. The number of ether oxygens (including phenoxy) is 1. The van der Waals surface area contributed by atoms with Crippen molar-refractivity contribution >= 4 is 5.91 Å². The second-order valence-corrected chi connectivity index (χ2v) is 4.26. The molecule has 94 valence electrons. The van der Waals surface area contributed by atoms with Gasteiger partial charge in [-0.1, -0.05) is 39.0 Å². The molecule has 3 nitrogen and oxygen atoms in total. The first kappa shape index (κ1) is 13.6. The normalized spacial score (nSPS) is 10.4. The van der Waals surface area contributed by atoms with Crippen LogP contribution in [0.25, 0.3) is 0 Å². The Morgan fingerprint density at radius 2 is 2.06 bits per heavy atom. The molecule has 0 saturated heterocycles. The van der Waals surface area contributed by atoms with Gasteiger partial charge in [-0.25, -0.2) is 0 Å². The number of nitrogens with one attached hydrogen (secondary N) is 1. The molecule has 0 fully saturated rings. The van der Waals surface area contributed by atoms with Crippen LogP contribution in [0.2, 0.25) is 0 Å². The predicted molar refractivity (Wildman–Crippen MR) is 69.2 cm³/mol. The van der Waals surface area contributed by atoms with Crippen LogP contribution in [0.3, 0.4) is 0 Å². The van der Waals surface area contributed by atoms with E-state index in [1.54, 1.807) is 0 Å². The van der Waals surface area contributed by atoms with Gasteiger partial charge >= 0.3 is 0 Å². The van der Waals surface area contributed by atoms with Crippen LogP contribution in [0.5, 0.6) is 5.75 Å². The summed E-state index contributed by atoms with van der Waals surface area (Å²) < 4.78 is 5.64. The summed E-state index contributed by atoms with van der Waals surface area (Å²) >= 11 is 0. The number of hydrogen-bond donors (Lipinski definition) is 1. The van der Waals surface area contributed by atoms with E-state index >= 15 is 0 Å². The van der Waals surface area contributed by atoms with E-state index in [1.165, 1.54) is 5.56 Å². The number of rotatable bonds is 6. The van der Waals surface area contributed by atoms with Crippen LogP contribution < -0.4 is 10.1 Å². The maximum atomic E-state index is 11.3. The molecule has 1 aromatic carbocycles. The molecule has 0 aliphatic heterocycles. The molecule has 0 bridgehead atoms. The molecule has 0 atom stereocenters. The molecule has 1 N–H and O–H groups in total. The van der Waals surface area contributed by atoms with E-state index in [2.05, 4.69) is 18.3 Å². The van der Waals surface area contributed by atoms with Crippen LogP contribution in [-0.4, -0.2) is 19.1 Å². The van der Waals surface area contributed by atoms with Crippen LogP contribution in [0.1, 0.15) is 26.3 Å². The second-order valence-electron chi connectivity index (χ2n) is 4.26. The lowest BCUT2D eigenvalue weighted by atomic mass is 10.1. The highest BCUT2D eigenvalue weighted by Crippen LogP contribution is 2.17. The molecule has 0 radical (unpaired) electrons. The molecule has 0 aliphatic carbocycles. The van der Waals surface area contributed by atoms with E-state index < -0.39 is 0 Å². The van der Waals surface area contributed by atoms with E-state index in [1.807, 2.05) is 32.0 Å². The minimum Gasteiger partial charge on any atom is -0.491 e. The summed E-state index contributed by atoms with van der Waals surface area (Å²) in [6.07, 6.45) is 0.953. The van der Waals surface area contributed by atoms with Crippen LogP contribution in [-0.2, 0) is 11.2 Å². The Balaban J connectivity index is 2.33. The van der Waals surface area contributed by atoms with Crippen molar-refractivity contribution in [3.05, 3.63) is 29.8 Å². The summed E-state index contributed by atoms with van der Waals surface area (Å²) in [5, 5.41) is 2.83. The second kappa shape index (κ2) is 6.94. The van der Waals surface area contributed by atoms with E-state index in [0.29, 0.717) is 13.2 Å². The number of carbonyl (C=O) groups excluding carboxylic acids is 1. The molecule has 0 heterocycles. The van der Waals surface area contributed by atoms with Gasteiger partial charge in [0.05, 0.1) is 6.54 Å². The van der Waals surface area contributed by atoms with E-state index in [0.717, 1.165) is 12.2 Å². The molecule has 0 aromatic heterocycles. The molecule has 0 unspecified atom stereocenters. The van der Waals surface area contributed by atoms with Crippen LogP contribution in [0.4, 0.5) is 0 Å². The minimum absolute atomic E-state index is 0.0259. The third-order valence-corrected chi connectivity index (χ3v) is 2.54. The highest BCUT2D eigenvalue weighted by Gasteiger charge is 2.05. The molecule has 0 spiro atoms. The number of amides is 1. The molecule has 1 aromatic rings. The van der Waals surface area contributed by atoms with Gasteiger partial charge in [0.25, 0.3) is 0 Å². The number of benzene rings is 1. The largest absolute Gasteiger partial charge is 0.491 e. The summed E-state index contributed by atoms with van der Waals surface area (Å²) in [6, 6.07) is 7.98. The van der Waals surface area contributed by atoms with E-state index in [9.17, 15) is 4.79 Å². The molecule has 17 heavy (non-hydrogen) atoms. The van der Waals surface area contributed by atoms with E-state index in [-0.39, 0.29) is 11.8 Å². The molecular weight excluding hydrogens is 214 g/mol. The predicted octanol–water partition coefficient (Wildman–Crippen LogP) is 2.40. The minimum atomic E-state index is 0.0259. The highest BCUT2D eigenvalue weighted by atomic mass is 16.5. The van der Waals surface area contributed by atoms with Crippen molar-refractivity contribution in [2.75, 3.05) is 13.2 Å². The first-order valence-corrected chi connectivity index (χ1v) is 6.13. The Bertz CT molecular complexity index is 361. The van der Waals surface area contributed by atoms with Gasteiger partial charge in [-0.3, -0.25) is 4.79 Å². The SMILES string of the molecule is CCc1ccccc1OCCNC(=O)C(C)C. The zero-order valence-electron chi connectivity index (χ0n) is 10.8. The lowest BCUT2D eigenvalue weighted by Gasteiger charge is -2.11. The fourth-order valence-corrected chi connectivity index (χ4v) is 1.48. The molecule has 3 heteroatoms. The quantitative estimate of drug-likeness (QED) is 0.769. The summed E-state index contributed by atoms with van der Waals surface area (Å²) in [5.74, 6) is 1.00. The lowest BCUT2D eigenvalue weighted by Crippen LogP contribution is -2.31. The summed E-state index contributed by atoms with van der Waals surface area (Å²) in [7, 11) is 0. The van der Waals surface area contributed by atoms with Gasteiger partial charge in [-0.05, 0) is 18.1 Å². The average Bonchev–Trinajstić information content (AvgIpc) is 2.34. The molecule has 1 amide bonds. The number of para-hydroxylation sites is 1. The summed E-state index contributed by atoms with van der Waals surface area (Å²) in [4.78, 5) is 11.3. The Labute approximate surface area is 103 Å². The van der Waals surface area contributed by atoms with Gasteiger partial charge in [0, 0.05) is 5.92 Å².